The molecule has 0 bridgehead atoms. The Balaban J connectivity index is 1.89. The molecule has 90 valence electrons. The van der Waals surface area contributed by atoms with Crippen molar-refractivity contribution in [2.24, 2.45) is 0 Å². The molecule has 0 aliphatic carbocycles. The maximum atomic E-state index is 9.58. The summed E-state index contributed by atoms with van der Waals surface area (Å²) in [4.78, 5) is 1.34. The Bertz CT molecular complexity index is 468. The van der Waals surface area contributed by atoms with Gasteiger partial charge in [0, 0.05) is 28.7 Å². The van der Waals surface area contributed by atoms with E-state index < -0.39 is 0 Å². The summed E-state index contributed by atoms with van der Waals surface area (Å²) in [6, 6.07) is 9.38. The number of aliphatic hydroxyl groups is 1. The zero-order chi connectivity index (χ0) is 12.1. The molecule has 0 fully saturated rings. The van der Waals surface area contributed by atoms with E-state index in [9.17, 15) is 5.11 Å². The highest BCUT2D eigenvalue weighted by molar-refractivity contribution is 7.09. The number of anilines is 1. The molecule has 0 unspecified atom stereocenters. The summed E-state index contributed by atoms with van der Waals surface area (Å²) in [5.74, 6) is 0.133. The van der Waals surface area contributed by atoms with Crippen molar-refractivity contribution in [3.8, 4) is 5.75 Å². The van der Waals surface area contributed by atoms with Gasteiger partial charge in [-0.3, -0.25) is 0 Å². The van der Waals surface area contributed by atoms with Crippen molar-refractivity contribution < 1.29 is 10.2 Å². The monoisotopic (exact) mass is 249 g/mol. The summed E-state index contributed by atoms with van der Waals surface area (Å²) in [6.45, 7) is 0.694. The first-order valence-corrected chi connectivity index (χ1v) is 6.36. The number of rotatable bonds is 5. The molecule has 0 saturated heterocycles. The molecule has 3 nitrogen and oxygen atoms in total. The van der Waals surface area contributed by atoms with E-state index in [0.717, 1.165) is 18.7 Å². The molecular weight excluding hydrogens is 234 g/mol. The molecule has 1 heterocycles. The van der Waals surface area contributed by atoms with E-state index in [2.05, 4.69) is 16.8 Å². The number of phenols is 1. The zero-order valence-electron chi connectivity index (χ0n) is 9.39. The smallest absolute Gasteiger partial charge is 0.123 e. The molecule has 4 heteroatoms. The predicted octanol–water partition coefficient (Wildman–Crippen LogP) is 2.60. The maximum absolute atomic E-state index is 9.58. The molecule has 1 aromatic carbocycles. The van der Waals surface area contributed by atoms with E-state index in [4.69, 9.17) is 5.11 Å². The molecule has 0 aliphatic rings. The topological polar surface area (TPSA) is 52.5 Å². The molecule has 2 aromatic rings. The van der Waals surface area contributed by atoms with Crippen LogP contribution < -0.4 is 5.32 Å². The van der Waals surface area contributed by atoms with Gasteiger partial charge in [0.05, 0.1) is 6.61 Å². The van der Waals surface area contributed by atoms with E-state index >= 15 is 0 Å². The second-order valence-electron chi connectivity index (χ2n) is 3.76. The SMILES string of the molecule is OCc1ccc(NCCc2cccs2)cc1O. The minimum atomic E-state index is -0.138. The Morgan fingerprint density at radius 3 is 2.76 bits per heavy atom. The van der Waals surface area contributed by atoms with E-state index in [1.807, 2.05) is 12.1 Å². The van der Waals surface area contributed by atoms with Gasteiger partial charge in [-0.1, -0.05) is 12.1 Å². The predicted molar refractivity (Wildman–Crippen MR) is 70.5 cm³/mol. The van der Waals surface area contributed by atoms with Crippen LogP contribution in [0.5, 0.6) is 5.75 Å². The molecule has 0 radical (unpaired) electrons. The van der Waals surface area contributed by atoms with Crippen molar-refractivity contribution in [2.75, 3.05) is 11.9 Å². The fourth-order valence-electron chi connectivity index (χ4n) is 1.59. The second-order valence-corrected chi connectivity index (χ2v) is 4.79. The van der Waals surface area contributed by atoms with Gasteiger partial charge < -0.3 is 15.5 Å². The minimum absolute atomic E-state index is 0.133. The lowest BCUT2D eigenvalue weighted by Gasteiger charge is -2.07. The normalized spacial score (nSPS) is 10.4. The summed E-state index contributed by atoms with van der Waals surface area (Å²) in [6.07, 6.45) is 0.972. The van der Waals surface area contributed by atoms with Crippen LogP contribution in [-0.2, 0) is 13.0 Å². The van der Waals surface area contributed by atoms with E-state index in [1.54, 1.807) is 23.5 Å². The van der Waals surface area contributed by atoms with Crippen LogP contribution in [0.2, 0.25) is 0 Å². The average molecular weight is 249 g/mol. The lowest BCUT2D eigenvalue weighted by molar-refractivity contribution is 0.275. The summed E-state index contributed by atoms with van der Waals surface area (Å²) in [7, 11) is 0. The largest absolute Gasteiger partial charge is 0.508 e. The summed E-state index contributed by atoms with van der Waals surface area (Å²) < 4.78 is 0. The Kier molecular flexibility index (Phi) is 4.01. The van der Waals surface area contributed by atoms with Gasteiger partial charge >= 0.3 is 0 Å². The van der Waals surface area contributed by atoms with Crippen LogP contribution >= 0.6 is 11.3 Å². The number of hydrogen-bond donors (Lipinski definition) is 3. The fourth-order valence-corrected chi connectivity index (χ4v) is 2.30. The van der Waals surface area contributed by atoms with Crippen LogP contribution in [0.3, 0.4) is 0 Å². The first kappa shape index (κ1) is 12.0. The molecule has 1 aromatic heterocycles. The first-order chi connectivity index (χ1) is 8.29. The van der Waals surface area contributed by atoms with Gasteiger partial charge in [-0.2, -0.15) is 0 Å². The third-order valence-corrected chi connectivity index (χ3v) is 3.47. The Labute approximate surface area is 104 Å². The van der Waals surface area contributed by atoms with Crippen molar-refractivity contribution >= 4 is 17.0 Å². The number of aromatic hydroxyl groups is 1. The van der Waals surface area contributed by atoms with Gasteiger partial charge in [0.15, 0.2) is 0 Å². The zero-order valence-corrected chi connectivity index (χ0v) is 10.2. The molecular formula is C13H15NO2S. The molecule has 17 heavy (non-hydrogen) atoms. The van der Waals surface area contributed by atoms with Crippen molar-refractivity contribution in [1.29, 1.82) is 0 Å². The van der Waals surface area contributed by atoms with Crippen LogP contribution in [0, 0.1) is 0 Å². The molecule has 0 spiro atoms. The van der Waals surface area contributed by atoms with Crippen LogP contribution in [0.4, 0.5) is 5.69 Å². The Morgan fingerprint density at radius 2 is 2.12 bits per heavy atom. The van der Waals surface area contributed by atoms with E-state index in [0.29, 0.717) is 5.56 Å². The van der Waals surface area contributed by atoms with Crippen LogP contribution in [-0.4, -0.2) is 16.8 Å². The number of benzene rings is 1. The number of thiophene rings is 1. The maximum Gasteiger partial charge on any atom is 0.123 e. The highest BCUT2D eigenvalue weighted by atomic mass is 32.1. The average Bonchev–Trinajstić information content (AvgIpc) is 2.82. The molecule has 0 amide bonds. The lowest BCUT2D eigenvalue weighted by Crippen LogP contribution is -2.03. The Hall–Kier alpha value is -1.52. The molecule has 2 rings (SSSR count). The van der Waals surface area contributed by atoms with E-state index in [-0.39, 0.29) is 12.4 Å². The highest BCUT2D eigenvalue weighted by Crippen LogP contribution is 2.21. The van der Waals surface area contributed by atoms with Gasteiger partial charge in [0.25, 0.3) is 0 Å². The number of hydrogen-bond acceptors (Lipinski definition) is 4. The second kappa shape index (κ2) is 5.70. The third kappa shape index (κ3) is 3.22. The van der Waals surface area contributed by atoms with Crippen molar-refractivity contribution in [2.45, 2.75) is 13.0 Å². The van der Waals surface area contributed by atoms with Crippen LogP contribution in [0.15, 0.2) is 35.7 Å². The van der Waals surface area contributed by atoms with Gasteiger partial charge in [0.2, 0.25) is 0 Å². The molecule has 0 aliphatic heterocycles. The van der Waals surface area contributed by atoms with Gasteiger partial charge in [-0.25, -0.2) is 0 Å². The summed E-state index contributed by atoms with van der Waals surface area (Å²) >= 11 is 1.74. The number of aliphatic hydroxyl groups excluding tert-OH is 1. The first-order valence-electron chi connectivity index (χ1n) is 5.48. The fraction of sp³-hybridized carbons (Fsp3) is 0.231. The van der Waals surface area contributed by atoms with Crippen molar-refractivity contribution in [3.05, 3.63) is 46.2 Å². The third-order valence-electron chi connectivity index (χ3n) is 2.54. The molecule has 0 atom stereocenters. The van der Waals surface area contributed by atoms with Crippen molar-refractivity contribution in [1.82, 2.24) is 0 Å². The summed E-state index contributed by atoms with van der Waals surface area (Å²) in [5, 5.41) is 23.8. The number of nitrogens with one attached hydrogen (secondary N) is 1. The molecule has 3 N–H and O–H groups in total. The quantitative estimate of drug-likeness (QED) is 0.763. The molecule has 0 saturated carbocycles. The van der Waals surface area contributed by atoms with E-state index in [1.165, 1.54) is 4.88 Å². The van der Waals surface area contributed by atoms with Gasteiger partial charge in [-0.05, 0) is 23.9 Å². The van der Waals surface area contributed by atoms with Crippen molar-refractivity contribution in [3.63, 3.8) is 0 Å². The Morgan fingerprint density at radius 1 is 1.24 bits per heavy atom. The van der Waals surface area contributed by atoms with Crippen LogP contribution in [0.25, 0.3) is 0 Å². The minimum Gasteiger partial charge on any atom is -0.508 e. The summed E-state index contributed by atoms with van der Waals surface area (Å²) in [5.41, 5.74) is 1.42. The van der Waals surface area contributed by atoms with Crippen LogP contribution in [0.1, 0.15) is 10.4 Å². The standard InChI is InChI=1S/C13H15NO2S/c15-9-10-3-4-11(8-13(10)16)14-6-5-12-2-1-7-17-12/h1-4,7-8,14-16H,5-6,9H2. The highest BCUT2D eigenvalue weighted by Gasteiger charge is 2.01. The van der Waals surface area contributed by atoms with Gasteiger partial charge in [0.1, 0.15) is 5.75 Å². The lowest BCUT2D eigenvalue weighted by atomic mass is 10.2. The van der Waals surface area contributed by atoms with Gasteiger partial charge in [-0.15, -0.1) is 11.3 Å².